The van der Waals surface area contributed by atoms with Crippen LogP contribution < -0.4 is 10.1 Å². The van der Waals surface area contributed by atoms with Crippen molar-refractivity contribution in [3.05, 3.63) is 47.3 Å². The highest BCUT2D eigenvalue weighted by molar-refractivity contribution is 5.78. The topological polar surface area (TPSA) is 108 Å². The molecule has 1 saturated heterocycles. The van der Waals surface area contributed by atoms with Crippen molar-refractivity contribution in [3.8, 4) is 5.88 Å². The molecule has 0 radical (unpaired) electrons. The number of hydrogen-bond acceptors (Lipinski definition) is 6. The molecule has 176 valence electrons. The van der Waals surface area contributed by atoms with E-state index in [9.17, 15) is 14.7 Å². The van der Waals surface area contributed by atoms with Crippen molar-refractivity contribution < 1.29 is 19.4 Å². The van der Waals surface area contributed by atoms with Crippen LogP contribution in [0.3, 0.4) is 0 Å². The molecule has 9 nitrogen and oxygen atoms in total. The Balaban J connectivity index is 1.36. The van der Waals surface area contributed by atoms with Gasteiger partial charge in [0.05, 0.1) is 19.6 Å². The molecule has 33 heavy (non-hydrogen) atoms. The number of aromatic nitrogens is 2. The lowest BCUT2D eigenvalue weighted by Crippen LogP contribution is -2.36. The summed E-state index contributed by atoms with van der Waals surface area (Å²) in [4.78, 5) is 37.0. The summed E-state index contributed by atoms with van der Waals surface area (Å²) >= 11 is 0. The molecular weight excluding hydrogens is 422 g/mol. The van der Waals surface area contributed by atoms with Gasteiger partial charge in [-0.1, -0.05) is 12.1 Å². The molecule has 0 aromatic carbocycles. The fourth-order valence-electron chi connectivity index (χ4n) is 4.50. The van der Waals surface area contributed by atoms with Crippen LogP contribution in [0.25, 0.3) is 0 Å². The van der Waals surface area contributed by atoms with E-state index in [-0.39, 0.29) is 12.5 Å². The zero-order valence-electron chi connectivity index (χ0n) is 19.2. The molecule has 0 spiro atoms. The molecular formula is C24H31N5O4. The van der Waals surface area contributed by atoms with Crippen LogP contribution in [0, 0.1) is 0 Å². The fraction of sp³-hybridized carbons (Fsp3) is 0.500. The number of anilines is 1. The summed E-state index contributed by atoms with van der Waals surface area (Å²) in [6.07, 6.45) is 5.17. The zero-order valence-corrected chi connectivity index (χ0v) is 19.2. The van der Waals surface area contributed by atoms with E-state index in [0.29, 0.717) is 37.1 Å². The highest BCUT2D eigenvalue weighted by atomic mass is 16.5. The van der Waals surface area contributed by atoms with Crippen molar-refractivity contribution in [2.24, 2.45) is 0 Å². The number of pyridine rings is 2. The third-order valence-corrected chi connectivity index (χ3v) is 6.35. The summed E-state index contributed by atoms with van der Waals surface area (Å²) in [7, 11) is 1.52. The van der Waals surface area contributed by atoms with Crippen LogP contribution in [0.4, 0.5) is 10.6 Å². The number of nitrogens with one attached hydrogen (secondary N) is 1. The molecule has 9 heteroatoms. The molecule has 2 N–H and O–H groups in total. The smallest absolute Gasteiger partial charge is 0.320 e. The number of methoxy groups -OCH3 is 1. The Hall–Kier alpha value is -3.36. The van der Waals surface area contributed by atoms with Crippen molar-refractivity contribution in [1.82, 2.24) is 19.8 Å². The Morgan fingerprint density at radius 3 is 2.88 bits per heavy atom. The number of ether oxygens (including phenoxy) is 1. The average molecular weight is 454 g/mol. The van der Waals surface area contributed by atoms with Gasteiger partial charge in [0, 0.05) is 43.6 Å². The predicted molar refractivity (Wildman–Crippen MR) is 123 cm³/mol. The molecule has 2 aliphatic heterocycles. The summed E-state index contributed by atoms with van der Waals surface area (Å²) in [6.45, 7) is 3.84. The van der Waals surface area contributed by atoms with Gasteiger partial charge in [-0.2, -0.15) is 0 Å². The maximum Gasteiger partial charge on any atom is 0.320 e. The number of hydrogen-bond donors (Lipinski definition) is 2. The van der Waals surface area contributed by atoms with E-state index < -0.39 is 12.0 Å². The minimum Gasteiger partial charge on any atom is -0.481 e. The van der Waals surface area contributed by atoms with Crippen LogP contribution in [0.5, 0.6) is 5.88 Å². The monoisotopic (exact) mass is 453 g/mol. The van der Waals surface area contributed by atoms with E-state index in [4.69, 9.17) is 9.72 Å². The number of amides is 2. The van der Waals surface area contributed by atoms with E-state index in [1.807, 2.05) is 0 Å². The summed E-state index contributed by atoms with van der Waals surface area (Å²) in [5, 5.41) is 12.9. The normalized spacial score (nSPS) is 18.6. The Morgan fingerprint density at radius 2 is 2.15 bits per heavy atom. The predicted octanol–water partition coefficient (Wildman–Crippen LogP) is 3.12. The second-order valence-corrected chi connectivity index (χ2v) is 8.71. The van der Waals surface area contributed by atoms with E-state index in [0.717, 1.165) is 37.2 Å². The van der Waals surface area contributed by atoms with Crippen molar-refractivity contribution in [2.75, 3.05) is 32.1 Å². The number of carboxylic acid groups (broad SMARTS) is 1. The van der Waals surface area contributed by atoms with Gasteiger partial charge in [0.15, 0.2) is 0 Å². The third kappa shape index (κ3) is 5.35. The quantitative estimate of drug-likeness (QED) is 0.601. The molecule has 4 rings (SSSR count). The number of carbonyl (C=O) groups excluding carboxylic acids is 1. The maximum absolute atomic E-state index is 13.1. The summed E-state index contributed by atoms with van der Waals surface area (Å²) in [5.74, 6) is 0.477. The van der Waals surface area contributed by atoms with Gasteiger partial charge in [-0.05, 0) is 49.8 Å². The summed E-state index contributed by atoms with van der Waals surface area (Å²) in [5.41, 5.74) is 2.97. The van der Waals surface area contributed by atoms with E-state index >= 15 is 0 Å². The van der Waals surface area contributed by atoms with Gasteiger partial charge in [0.1, 0.15) is 5.82 Å². The van der Waals surface area contributed by atoms with Crippen LogP contribution in [-0.2, 0) is 17.6 Å². The number of carbonyl (C=O) groups is 2. The van der Waals surface area contributed by atoms with Crippen LogP contribution in [0.2, 0.25) is 0 Å². The maximum atomic E-state index is 13.1. The van der Waals surface area contributed by atoms with Crippen LogP contribution in [0.1, 0.15) is 49.0 Å². The number of aliphatic carboxylic acids is 1. The van der Waals surface area contributed by atoms with Gasteiger partial charge in [-0.25, -0.2) is 14.8 Å². The van der Waals surface area contributed by atoms with Gasteiger partial charge >= 0.3 is 12.0 Å². The van der Waals surface area contributed by atoms with Gasteiger partial charge in [-0.15, -0.1) is 0 Å². The first-order valence-electron chi connectivity index (χ1n) is 11.5. The molecule has 0 bridgehead atoms. The lowest BCUT2D eigenvalue weighted by atomic mass is 10.0. The van der Waals surface area contributed by atoms with Crippen molar-refractivity contribution in [3.63, 3.8) is 0 Å². The molecule has 2 amide bonds. The number of urea groups is 1. The molecule has 2 atom stereocenters. The molecule has 0 unspecified atom stereocenters. The van der Waals surface area contributed by atoms with Crippen LogP contribution in [0.15, 0.2) is 30.5 Å². The van der Waals surface area contributed by atoms with Gasteiger partial charge in [0.2, 0.25) is 5.88 Å². The Labute approximate surface area is 193 Å². The minimum absolute atomic E-state index is 0.133. The van der Waals surface area contributed by atoms with E-state index in [1.165, 1.54) is 12.7 Å². The van der Waals surface area contributed by atoms with Crippen LogP contribution in [-0.4, -0.2) is 69.7 Å². The highest BCUT2D eigenvalue weighted by Gasteiger charge is 2.35. The lowest BCUT2D eigenvalue weighted by Gasteiger charge is -2.27. The SMILES string of the molecule is COc1ccc([C@H](CC(=O)O)N2CCN(CCCc3ccc4c(n3)N[C@H](C)CC4)C2=O)cn1. The zero-order chi connectivity index (χ0) is 23.4. The Morgan fingerprint density at radius 1 is 1.30 bits per heavy atom. The van der Waals surface area contributed by atoms with E-state index in [2.05, 4.69) is 29.4 Å². The second kappa shape index (κ2) is 10.1. The Bertz CT molecular complexity index is 997. The number of fused-ring (bicyclic) bond motifs is 1. The largest absolute Gasteiger partial charge is 0.481 e. The molecule has 2 aromatic rings. The molecule has 4 heterocycles. The molecule has 2 aromatic heterocycles. The fourth-order valence-corrected chi connectivity index (χ4v) is 4.50. The summed E-state index contributed by atoms with van der Waals surface area (Å²) in [6, 6.07) is 7.43. The van der Waals surface area contributed by atoms with Crippen molar-refractivity contribution in [1.29, 1.82) is 0 Å². The first-order valence-corrected chi connectivity index (χ1v) is 11.5. The molecule has 0 saturated carbocycles. The first kappa shape index (κ1) is 22.8. The third-order valence-electron chi connectivity index (χ3n) is 6.35. The number of carboxylic acids is 1. The molecule has 0 aliphatic carbocycles. The van der Waals surface area contributed by atoms with Crippen LogP contribution >= 0.6 is 0 Å². The van der Waals surface area contributed by atoms with Crippen molar-refractivity contribution in [2.45, 2.75) is 51.1 Å². The number of nitrogens with zero attached hydrogens (tertiary/aromatic N) is 4. The highest BCUT2D eigenvalue weighted by Crippen LogP contribution is 2.29. The van der Waals surface area contributed by atoms with Gasteiger partial charge in [0.25, 0.3) is 0 Å². The van der Waals surface area contributed by atoms with Gasteiger partial charge in [-0.3, -0.25) is 4.79 Å². The summed E-state index contributed by atoms with van der Waals surface area (Å²) < 4.78 is 5.09. The minimum atomic E-state index is -0.955. The standard InChI is InChI=1S/C24H31N5O4/c1-16-5-6-17-7-9-19(27-23(17)26-16)4-3-11-28-12-13-29(24(28)32)20(14-22(30)31)18-8-10-21(33-2)25-15-18/h7-10,15-16,20H,3-6,11-14H2,1-2H3,(H,26,27)(H,30,31)/t16-,20+/m1/s1. The lowest BCUT2D eigenvalue weighted by molar-refractivity contribution is -0.138. The first-order chi connectivity index (χ1) is 15.9. The van der Waals surface area contributed by atoms with Gasteiger partial charge < -0.3 is 25.0 Å². The second-order valence-electron chi connectivity index (χ2n) is 8.71. The number of rotatable bonds is 9. The average Bonchev–Trinajstić information content (AvgIpc) is 3.17. The molecule has 1 fully saturated rings. The molecule has 2 aliphatic rings. The Kier molecular flexibility index (Phi) is 6.96. The number of aryl methyl sites for hydroxylation is 2. The van der Waals surface area contributed by atoms with Crippen molar-refractivity contribution >= 4 is 17.8 Å². The van der Waals surface area contributed by atoms with E-state index in [1.54, 1.807) is 28.1 Å².